The summed E-state index contributed by atoms with van der Waals surface area (Å²) in [5, 5.41) is 0. The van der Waals surface area contributed by atoms with E-state index in [1.165, 1.54) is 36.2 Å². The van der Waals surface area contributed by atoms with Crippen molar-refractivity contribution in [2.24, 2.45) is 0 Å². The predicted octanol–water partition coefficient (Wildman–Crippen LogP) is 1.85. The molecule has 0 saturated heterocycles. The maximum Gasteiger partial charge on any atom is 0.0434 e. The standard InChI is InChI=1S/C13H21N3/c1-10(15-14-2)11-6-7-13-12(9-11)5-4-8-16(13)3/h6-7,9-10,14-15H,4-5,8H2,1-3H3/t10-/m1/s1. The van der Waals surface area contributed by atoms with E-state index in [1.54, 1.807) is 0 Å². The van der Waals surface area contributed by atoms with Crippen LogP contribution >= 0.6 is 0 Å². The molecule has 1 aliphatic rings. The lowest BCUT2D eigenvalue weighted by Gasteiger charge is -2.28. The maximum absolute atomic E-state index is 3.22. The van der Waals surface area contributed by atoms with Crippen LogP contribution in [-0.4, -0.2) is 20.6 Å². The minimum Gasteiger partial charge on any atom is -0.374 e. The second-order valence-electron chi connectivity index (χ2n) is 4.53. The van der Waals surface area contributed by atoms with Crippen molar-refractivity contribution in [1.29, 1.82) is 0 Å². The van der Waals surface area contributed by atoms with Gasteiger partial charge in [-0.1, -0.05) is 12.1 Å². The molecular weight excluding hydrogens is 198 g/mol. The molecular formula is C13H21N3. The monoisotopic (exact) mass is 219 g/mol. The lowest BCUT2D eigenvalue weighted by Crippen LogP contribution is -2.30. The van der Waals surface area contributed by atoms with Crippen LogP contribution in [0, 0.1) is 0 Å². The number of nitrogens with zero attached hydrogens (tertiary/aromatic N) is 1. The zero-order valence-corrected chi connectivity index (χ0v) is 10.4. The van der Waals surface area contributed by atoms with Crippen molar-refractivity contribution in [2.75, 3.05) is 25.5 Å². The number of hydrazine groups is 1. The summed E-state index contributed by atoms with van der Waals surface area (Å²) < 4.78 is 0. The lowest BCUT2D eigenvalue weighted by molar-refractivity contribution is 0.505. The van der Waals surface area contributed by atoms with Crippen LogP contribution in [-0.2, 0) is 6.42 Å². The third-order valence-electron chi connectivity index (χ3n) is 3.32. The van der Waals surface area contributed by atoms with Gasteiger partial charge in [-0.3, -0.25) is 10.9 Å². The fraction of sp³-hybridized carbons (Fsp3) is 0.538. The van der Waals surface area contributed by atoms with E-state index >= 15 is 0 Å². The number of anilines is 1. The van der Waals surface area contributed by atoms with E-state index in [4.69, 9.17) is 0 Å². The topological polar surface area (TPSA) is 27.3 Å². The van der Waals surface area contributed by atoms with E-state index in [-0.39, 0.29) is 0 Å². The van der Waals surface area contributed by atoms with Crippen LogP contribution in [0.4, 0.5) is 5.69 Å². The van der Waals surface area contributed by atoms with E-state index in [9.17, 15) is 0 Å². The molecule has 1 aromatic carbocycles. The molecule has 2 rings (SSSR count). The Morgan fingerprint density at radius 3 is 2.94 bits per heavy atom. The molecule has 0 aliphatic carbocycles. The van der Waals surface area contributed by atoms with Crippen LogP contribution in [0.1, 0.15) is 30.5 Å². The Morgan fingerprint density at radius 1 is 1.38 bits per heavy atom. The summed E-state index contributed by atoms with van der Waals surface area (Å²) in [6.45, 7) is 3.35. The smallest absolute Gasteiger partial charge is 0.0434 e. The van der Waals surface area contributed by atoms with E-state index in [1.807, 2.05) is 7.05 Å². The average Bonchev–Trinajstić information content (AvgIpc) is 2.29. The maximum atomic E-state index is 3.22. The number of aryl methyl sites for hydroxylation is 1. The highest BCUT2D eigenvalue weighted by molar-refractivity contribution is 5.56. The number of hydrogen-bond donors (Lipinski definition) is 2. The molecule has 0 fully saturated rings. The molecule has 0 amide bonds. The van der Waals surface area contributed by atoms with Crippen LogP contribution in [0.5, 0.6) is 0 Å². The van der Waals surface area contributed by atoms with Crippen molar-refractivity contribution in [1.82, 2.24) is 10.9 Å². The van der Waals surface area contributed by atoms with Gasteiger partial charge in [0.05, 0.1) is 0 Å². The van der Waals surface area contributed by atoms with Crippen molar-refractivity contribution in [3.63, 3.8) is 0 Å². The predicted molar refractivity (Wildman–Crippen MR) is 68.6 cm³/mol. The number of benzene rings is 1. The molecule has 0 saturated carbocycles. The second kappa shape index (κ2) is 4.85. The highest BCUT2D eigenvalue weighted by Crippen LogP contribution is 2.28. The Labute approximate surface area is 97.8 Å². The summed E-state index contributed by atoms with van der Waals surface area (Å²) >= 11 is 0. The molecule has 1 aliphatic heterocycles. The lowest BCUT2D eigenvalue weighted by atomic mass is 9.97. The zero-order valence-electron chi connectivity index (χ0n) is 10.4. The van der Waals surface area contributed by atoms with Gasteiger partial charge in [0.2, 0.25) is 0 Å². The van der Waals surface area contributed by atoms with Crippen molar-refractivity contribution in [3.8, 4) is 0 Å². The molecule has 0 spiro atoms. The van der Waals surface area contributed by atoms with Gasteiger partial charge in [0, 0.05) is 25.3 Å². The quantitative estimate of drug-likeness (QED) is 0.760. The number of fused-ring (bicyclic) bond motifs is 1. The van der Waals surface area contributed by atoms with Gasteiger partial charge in [-0.05, 0) is 44.0 Å². The van der Waals surface area contributed by atoms with Crippen LogP contribution in [0.25, 0.3) is 0 Å². The van der Waals surface area contributed by atoms with Crippen LogP contribution in [0.3, 0.4) is 0 Å². The first kappa shape index (κ1) is 11.4. The molecule has 1 heterocycles. The molecule has 1 aromatic rings. The third-order valence-corrected chi connectivity index (χ3v) is 3.32. The molecule has 3 heteroatoms. The molecule has 3 nitrogen and oxygen atoms in total. The second-order valence-corrected chi connectivity index (χ2v) is 4.53. The van der Waals surface area contributed by atoms with E-state index in [2.05, 4.69) is 47.9 Å². The van der Waals surface area contributed by atoms with Gasteiger partial charge in [-0.25, -0.2) is 0 Å². The first-order valence-corrected chi connectivity index (χ1v) is 5.98. The van der Waals surface area contributed by atoms with Gasteiger partial charge >= 0.3 is 0 Å². The summed E-state index contributed by atoms with van der Waals surface area (Å²) in [6.07, 6.45) is 2.47. The van der Waals surface area contributed by atoms with Crippen LogP contribution < -0.4 is 15.8 Å². The fourth-order valence-electron chi connectivity index (χ4n) is 2.37. The van der Waals surface area contributed by atoms with Crippen molar-refractivity contribution in [2.45, 2.75) is 25.8 Å². The molecule has 16 heavy (non-hydrogen) atoms. The van der Waals surface area contributed by atoms with Crippen LogP contribution in [0.2, 0.25) is 0 Å². The normalized spacial score (nSPS) is 17.1. The number of hydrogen-bond acceptors (Lipinski definition) is 3. The van der Waals surface area contributed by atoms with Gasteiger partial charge in [-0.15, -0.1) is 0 Å². The van der Waals surface area contributed by atoms with Crippen molar-refractivity contribution in [3.05, 3.63) is 29.3 Å². The van der Waals surface area contributed by atoms with E-state index < -0.39 is 0 Å². The summed E-state index contributed by atoms with van der Waals surface area (Å²) in [4.78, 5) is 2.35. The summed E-state index contributed by atoms with van der Waals surface area (Å²) in [7, 11) is 4.08. The molecule has 2 N–H and O–H groups in total. The average molecular weight is 219 g/mol. The Bertz CT molecular complexity index is 362. The molecule has 0 aromatic heterocycles. The minimum absolute atomic E-state index is 0.350. The summed E-state index contributed by atoms with van der Waals surface area (Å²) in [5.41, 5.74) is 10.4. The van der Waals surface area contributed by atoms with E-state index in [0.29, 0.717) is 6.04 Å². The van der Waals surface area contributed by atoms with Gasteiger partial charge in [-0.2, -0.15) is 0 Å². The van der Waals surface area contributed by atoms with Crippen molar-refractivity contribution >= 4 is 5.69 Å². The Balaban J connectivity index is 2.24. The summed E-state index contributed by atoms with van der Waals surface area (Å²) in [6, 6.07) is 7.15. The number of nitrogens with one attached hydrogen (secondary N) is 2. The largest absolute Gasteiger partial charge is 0.374 e. The Kier molecular flexibility index (Phi) is 3.46. The highest BCUT2D eigenvalue weighted by atomic mass is 15.3. The molecule has 0 radical (unpaired) electrons. The fourth-order valence-corrected chi connectivity index (χ4v) is 2.37. The van der Waals surface area contributed by atoms with Crippen LogP contribution in [0.15, 0.2) is 18.2 Å². The van der Waals surface area contributed by atoms with Crippen molar-refractivity contribution < 1.29 is 0 Å². The van der Waals surface area contributed by atoms with E-state index in [0.717, 1.165) is 0 Å². The molecule has 0 unspecified atom stereocenters. The van der Waals surface area contributed by atoms with Gasteiger partial charge in [0.25, 0.3) is 0 Å². The Hall–Kier alpha value is -1.06. The third kappa shape index (κ3) is 2.20. The first-order chi connectivity index (χ1) is 7.72. The highest BCUT2D eigenvalue weighted by Gasteiger charge is 2.15. The Morgan fingerprint density at radius 2 is 2.19 bits per heavy atom. The zero-order chi connectivity index (χ0) is 11.5. The first-order valence-electron chi connectivity index (χ1n) is 5.98. The number of rotatable bonds is 3. The molecule has 88 valence electrons. The molecule has 1 atom stereocenters. The van der Waals surface area contributed by atoms with Gasteiger partial charge in [0.1, 0.15) is 0 Å². The van der Waals surface area contributed by atoms with Gasteiger partial charge in [0.15, 0.2) is 0 Å². The SMILES string of the molecule is CNN[C@H](C)c1ccc2c(c1)CCCN2C. The molecule has 0 bridgehead atoms. The van der Waals surface area contributed by atoms with Gasteiger partial charge < -0.3 is 4.90 Å². The minimum atomic E-state index is 0.350. The summed E-state index contributed by atoms with van der Waals surface area (Å²) in [5.74, 6) is 0.